The van der Waals surface area contributed by atoms with Crippen LogP contribution >= 0.6 is 0 Å². The summed E-state index contributed by atoms with van der Waals surface area (Å²) in [5, 5.41) is 24.6. The molecule has 3 aromatic carbocycles. The fraction of sp³-hybridized carbons (Fsp3) is 0.286. The summed E-state index contributed by atoms with van der Waals surface area (Å²) < 4.78 is 24.8. The molecule has 0 aliphatic carbocycles. The SMILES string of the molecule is CCCCn1ncc(C=C(Cc2cc3c(cc2OC)OCC3)C(=O)O)c1-c1ccc(OC)cc1OCc1ccccc1C(=O)O. The van der Waals surface area contributed by atoms with Gasteiger partial charge in [0.15, 0.2) is 0 Å². The fourth-order valence-electron chi connectivity index (χ4n) is 5.40. The number of nitrogens with zero attached hydrogens (tertiary/aromatic N) is 2. The first-order valence-electron chi connectivity index (χ1n) is 14.8. The quantitative estimate of drug-likeness (QED) is 0.158. The van der Waals surface area contributed by atoms with Crippen LogP contribution in [-0.4, -0.2) is 52.8 Å². The van der Waals surface area contributed by atoms with Crippen molar-refractivity contribution in [2.24, 2.45) is 0 Å². The van der Waals surface area contributed by atoms with E-state index in [9.17, 15) is 19.8 Å². The first-order chi connectivity index (χ1) is 21.8. The van der Waals surface area contributed by atoms with E-state index in [1.165, 1.54) is 6.07 Å². The van der Waals surface area contributed by atoms with Crippen LogP contribution in [-0.2, 0) is 30.8 Å². The normalized spacial score (nSPS) is 12.4. The Bertz CT molecular complexity index is 1740. The van der Waals surface area contributed by atoms with Crippen LogP contribution in [0.2, 0.25) is 0 Å². The lowest BCUT2D eigenvalue weighted by molar-refractivity contribution is -0.132. The third kappa shape index (κ3) is 6.95. The van der Waals surface area contributed by atoms with Gasteiger partial charge in [-0.05, 0) is 47.9 Å². The van der Waals surface area contributed by atoms with Gasteiger partial charge in [0.2, 0.25) is 0 Å². The Morgan fingerprint density at radius 3 is 2.58 bits per heavy atom. The van der Waals surface area contributed by atoms with Crippen LogP contribution in [0.4, 0.5) is 0 Å². The van der Waals surface area contributed by atoms with Gasteiger partial charge < -0.3 is 29.2 Å². The minimum Gasteiger partial charge on any atom is -0.497 e. The van der Waals surface area contributed by atoms with E-state index in [4.69, 9.17) is 18.9 Å². The van der Waals surface area contributed by atoms with Gasteiger partial charge in [-0.3, -0.25) is 4.68 Å². The van der Waals surface area contributed by atoms with Crippen LogP contribution in [0.5, 0.6) is 23.0 Å². The van der Waals surface area contributed by atoms with Gasteiger partial charge in [-0.2, -0.15) is 5.10 Å². The summed E-state index contributed by atoms with van der Waals surface area (Å²) >= 11 is 0. The highest BCUT2D eigenvalue weighted by molar-refractivity contribution is 5.94. The molecule has 0 saturated heterocycles. The molecule has 0 spiro atoms. The molecule has 5 rings (SSSR count). The number of methoxy groups -OCH3 is 2. The zero-order valence-electron chi connectivity index (χ0n) is 25.5. The minimum absolute atomic E-state index is 0.000869. The molecular weight excluding hydrogens is 576 g/mol. The van der Waals surface area contributed by atoms with Crippen LogP contribution in [0, 0.1) is 0 Å². The number of unbranched alkanes of at least 4 members (excludes halogenated alkanes) is 1. The summed E-state index contributed by atoms with van der Waals surface area (Å²) in [4.78, 5) is 24.4. The predicted octanol–water partition coefficient (Wildman–Crippen LogP) is 6.29. The molecule has 0 atom stereocenters. The molecule has 1 aromatic heterocycles. The number of aryl methyl sites for hydroxylation is 1. The molecule has 4 aromatic rings. The Hall–Kier alpha value is -5.25. The highest BCUT2D eigenvalue weighted by Gasteiger charge is 2.22. The summed E-state index contributed by atoms with van der Waals surface area (Å²) in [6, 6.07) is 15.8. The maximum Gasteiger partial charge on any atom is 0.336 e. The first-order valence-corrected chi connectivity index (χ1v) is 14.8. The number of hydrogen-bond donors (Lipinski definition) is 2. The number of aliphatic carboxylic acids is 1. The summed E-state index contributed by atoms with van der Waals surface area (Å²) in [5.74, 6) is 0.218. The molecule has 45 heavy (non-hydrogen) atoms. The third-order valence-corrected chi connectivity index (χ3v) is 7.74. The summed E-state index contributed by atoms with van der Waals surface area (Å²) in [6.07, 6.45) is 5.98. The first kappa shape index (κ1) is 31.2. The molecular formula is C35H36N2O8. The number of rotatable bonds is 14. The van der Waals surface area contributed by atoms with Crippen molar-refractivity contribution >= 4 is 18.0 Å². The van der Waals surface area contributed by atoms with Gasteiger partial charge >= 0.3 is 11.9 Å². The summed E-state index contributed by atoms with van der Waals surface area (Å²) in [5.41, 5.74) is 4.55. The van der Waals surface area contributed by atoms with Crippen molar-refractivity contribution < 1.29 is 38.7 Å². The second-order valence-electron chi connectivity index (χ2n) is 10.7. The lowest BCUT2D eigenvalue weighted by Gasteiger charge is -2.16. The number of ether oxygens (including phenoxy) is 4. The van der Waals surface area contributed by atoms with E-state index in [1.807, 2.05) is 22.9 Å². The van der Waals surface area contributed by atoms with Gasteiger partial charge in [-0.25, -0.2) is 9.59 Å². The Labute approximate surface area is 261 Å². The Balaban J connectivity index is 1.58. The van der Waals surface area contributed by atoms with Crippen LogP contribution in [0.1, 0.15) is 52.4 Å². The lowest BCUT2D eigenvalue weighted by atomic mass is 9.98. The third-order valence-electron chi connectivity index (χ3n) is 7.74. The van der Waals surface area contributed by atoms with Gasteiger partial charge in [0.25, 0.3) is 0 Å². The van der Waals surface area contributed by atoms with E-state index in [-0.39, 0.29) is 24.2 Å². The van der Waals surface area contributed by atoms with Crippen molar-refractivity contribution in [2.45, 2.75) is 45.8 Å². The van der Waals surface area contributed by atoms with E-state index >= 15 is 0 Å². The number of benzene rings is 3. The summed E-state index contributed by atoms with van der Waals surface area (Å²) in [6.45, 7) is 3.27. The molecule has 1 aliphatic rings. The molecule has 2 N–H and O–H groups in total. The standard InChI is InChI=1S/C35H36N2O8/c1-4-5-13-37-33(29-11-10-27(42-2)18-32(29)45-21-23-8-6-7-9-28(23)35(40)41)26(20-36-37)17-25(34(38)39)16-24-15-22-12-14-44-31(22)19-30(24)43-3/h6-11,15,17-20H,4-5,12-14,16,21H2,1-3H3,(H,38,39)(H,40,41). The van der Waals surface area contributed by atoms with Gasteiger partial charge in [0.05, 0.1) is 38.3 Å². The average Bonchev–Trinajstić information content (AvgIpc) is 3.68. The van der Waals surface area contributed by atoms with Crippen molar-refractivity contribution in [3.8, 4) is 34.3 Å². The zero-order valence-corrected chi connectivity index (χ0v) is 25.5. The Morgan fingerprint density at radius 2 is 1.84 bits per heavy atom. The van der Waals surface area contributed by atoms with Crippen LogP contribution in [0.3, 0.4) is 0 Å². The van der Waals surface area contributed by atoms with E-state index in [2.05, 4.69) is 12.0 Å². The molecule has 0 bridgehead atoms. The molecule has 0 saturated carbocycles. The molecule has 234 valence electrons. The molecule has 0 amide bonds. The molecule has 10 nitrogen and oxygen atoms in total. The maximum atomic E-state index is 12.6. The molecule has 0 radical (unpaired) electrons. The van der Waals surface area contributed by atoms with Crippen molar-refractivity contribution in [3.63, 3.8) is 0 Å². The Morgan fingerprint density at radius 1 is 1.02 bits per heavy atom. The second kappa shape index (κ2) is 14.0. The predicted molar refractivity (Wildman–Crippen MR) is 168 cm³/mol. The highest BCUT2D eigenvalue weighted by atomic mass is 16.5. The van der Waals surface area contributed by atoms with Gasteiger partial charge in [-0.15, -0.1) is 0 Å². The average molecular weight is 613 g/mol. The van der Waals surface area contributed by atoms with Crippen molar-refractivity contribution in [2.75, 3.05) is 20.8 Å². The molecule has 2 heterocycles. The van der Waals surface area contributed by atoms with E-state index in [1.54, 1.807) is 56.8 Å². The number of carboxylic acid groups (broad SMARTS) is 2. The number of carbonyl (C=O) groups is 2. The van der Waals surface area contributed by atoms with Crippen molar-refractivity contribution in [1.29, 1.82) is 0 Å². The maximum absolute atomic E-state index is 12.6. The molecule has 1 aliphatic heterocycles. The molecule has 0 fully saturated rings. The number of fused-ring (bicyclic) bond motifs is 1. The van der Waals surface area contributed by atoms with Crippen molar-refractivity contribution in [3.05, 3.63) is 94.2 Å². The number of carboxylic acids is 2. The lowest BCUT2D eigenvalue weighted by Crippen LogP contribution is -2.08. The smallest absolute Gasteiger partial charge is 0.336 e. The Kier molecular flexibility index (Phi) is 9.72. The monoisotopic (exact) mass is 612 g/mol. The topological polar surface area (TPSA) is 129 Å². The number of aromatic nitrogens is 2. The zero-order chi connectivity index (χ0) is 31.9. The largest absolute Gasteiger partial charge is 0.497 e. The molecule has 10 heteroatoms. The van der Waals surface area contributed by atoms with Gasteiger partial charge in [0, 0.05) is 53.8 Å². The van der Waals surface area contributed by atoms with E-state index in [0.29, 0.717) is 52.8 Å². The summed E-state index contributed by atoms with van der Waals surface area (Å²) in [7, 11) is 3.11. The fourth-order valence-corrected chi connectivity index (χ4v) is 5.40. The van der Waals surface area contributed by atoms with Crippen molar-refractivity contribution in [1.82, 2.24) is 9.78 Å². The molecule has 0 unspecified atom stereocenters. The number of hydrogen-bond acceptors (Lipinski definition) is 7. The second-order valence-corrected chi connectivity index (χ2v) is 10.7. The van der Waals surface area contributed by atoms with E-state index in [0.717, 1.165) is 36.1 Å². The number of aromatic carboxylic acids is 1. The van der Waals surface area contributed by atoms with E-state index < -0.39 is 11.9 Å². The van der Waals surface area contributed by atoms with Gasteiger partial charge in [0.1, 0.15) is 29.6 Å². The highest BCUT2D eigenvalue weighted by Crippen LogP contribution is 2.38. The van der Waals surface area contributed by atoms with Crippen LogP contribution in [0.15, 0.2) is 66.4 Å². The van der Waals surface area contributed by atoms with Gasteiger partial charge in [-0.1, -0.05) is 31.5 Å². The minimum atomic E-state index is -1.06. The van der Waals surface area contributed by atoms with Crippen LogP contribution in [0.25, 0.3) is 17.3 Å². The van der Waals surface area contributed by atoms with Crippen LogP contribution < -0.4 is 18.9 Å².